The number of carbonyl (C=O) groups is 2. The summed E-state index contributed by atoms with van der Waals surface area (Å²) in [7, 11) is 0. The fourth-order valence-electron chi connectivity index (χ4n) is 2.34. The number of carboxylic acids is 1. The van der Waals surface area contributed by atoms with E-state index in [0.717, 1.165) is 0 Å². The molecular formula is C15H18N2O4. The van der Waals surface area contributed by atoms with Crippen LogP contribution in [0.3, 0.4) is 0 Å². The van der Waals surface area contributed by atoms with Gasteiger partial charge in [0.2, 0.25) is 5.91 Å². The van der Waals surface area contributed by atoms with Crippen LogP contribution in [0.1, 0.15) is 13.3 Å². The molecule has 0 heterocycles. The zero-order chi connectivity index (χ0) is 15.4. The van der Waals surface area contributed by atoms with Gasteiger partial charge in [-0.2, -0.15) is 0 Å². The van der Waals surface area contributed by atoms with Crippen LogP contribution < -0.4 is 15.8 Å². The summed E-state index contributed by atoms with van der Waals surface area (Å²) in [5.74, 6) is -0.661. The molecule has 0 spiro atoms. The van der Waals surface area contributed by atoms with Gasteiger partial charge in [0.15, 0.2) is 0 Å². The van der Waals surface area contributed by atoms with Gasteiger partial charge in [-0.15, -0.1) is 0 Å². The molecule has 6 nitrogen and oxygen atoms in total. The number of rotatable bonds is 4. The third kappa shape index (κ3) is 3.82. The number of aliphatic carboxylic acids is 1. The molecular weight excluding hydrogens is 272 g/mol. The first-order valence-corrected chi connectivity index (χ1v) is 6.65. The van der Waals surface area contributed by atoms with Crippen molar-refractivity contribution in [2.75, 3.05) is 0 Å². The molecule has 0 unspecified atom stereocenters. The molecule has 1 aliphatic carbocycles. The lowest BCUT2D eigenvalue weighted by atomic mass is 9.88. The highest BCUT2D eigenvalue weighted by Gasteiger charge is 2.35. The highest BCUT2D eigenvalue weighted by Crippen LogP contribution is 2.23. The van der Waals surface area contributed by atoms with Crippen LogP contribution in [-0.4, -0.2) is 35.2 Å². The molecule has 3 atom stereocenters. The van der Waals surface area contributed by atoms with Gasteiger partial charge in [-0.25, -0.2) is 4.79 Å². The van der Waals surface area contributed by atoms with Crippen molar-refractivity contribution in [1.82, 2.24) is 5.32 Å². The van der Waals surface area contributed by atoms with Gasteiger partial charge >= 0.3 is 5.97 Å². The maximum Gasteiger partial charge on any atom is 0.331 e. The lowest BCUT2D eigenvalue weighted by molar-refractivity contribution is -0.133. The van der Waals surface area contributed by atoms with Crippen molar-refractivity contribution in [2.24, 2.45) is 5.73 Å². The van der Waals surface area contributed by atoms with E-state index < -0.39 is 24.2 Å². The summed E-state index contributed by atoms with van der Waals surface area (Å²) in [6.07, 6.45) is 1.08. The highest BCUT2D eigenvalue weighted by atomic mass is 16.5. The van der Waals surface area contributed by atoms with Crippen LogP contribution >= 0.6 is 0 Å². The lowest BCUT2D eigenvalue weighted by Crippen LogP contribution is -2.57. The van der Waals surface area contributed by atoms with E-state index in [4.69, 9.17) is 15.6 Å². The Morgan fingerprint density at radius 1 is 1.33 bits per heavy atom. The molecule has 0 radical (unpaired) electrons. The second kappa shape index (κ2) is 6.41. The predicted octanol–water partition coefficient (Wildman–Crippen LogP) is 0.681. The molecule has 1 aliphatic rings. The predicted molar refractivity (Wildman–Crippen MR) is 76.8 cm³/mol. The Morgan fingerprint density at radius 3 is 2.57 bits per heavy atom. The SMILES string of the molecule is CC(=O)N[C@@H]1[C@@H](N)CC(C(=O)O)=C[C@H]1Oc1ccccc1. The fourth-order valence-corrected chi connectivity index (χ4v) is 2.34. The summed E-state index contributed by atoms with van der Waals surface area (Å²) in [5.41, 5.74) is 6.20. The van der Waals surface area contributed by atoms with Gasteiger partial charge in [0.25, 0.3) is 0 Å². The fraction of sp³-hybridized carbons (Fsp3) is 0.333. The first kappa shape index (κ1) is 15.1. The van der Waals surface area contributed by atoms with Crippen LogP contribution in [0, 0.1) is 0 Å². The van der Waals surface area contributed by atoms with Crippen LogP contribution in [0.4, 0.5) is 0 Å². The van der Waals surface area contributed by atoms with Gasteiger partial charge in [0.05, 0.1) is 6.04 Å². The Bertz CT molecular complexity index is 556. The molecule has 0 saturated carbocycles. The molecule has 112 valence electrons. The number of nitrogens with one attached hydrogen (secondary N) is 1. The van der Waals surface area contributed by atoms with Crippen molar-refractivity contribution in [2.45, 2.75) is 31.5 Å². The summed E-state index contributed by atoms with van der Waals surface area (Å²) in [5, 5.41) is 11.9. The van der Waals surface area contributed by atoms with Gasteiger partial charge in [0, 0.05) is 18.5 Å². The third-order valence-corrected chi connectivity index (χ3v) is 3.30. The molecule has 1 amide bonds. The summed E-state index contributed by atoms with van der Waals surface area (Å²) < 4.78 is 5.79. The minimum Gasteiger partial charge on any atom is -0.484 e. The van der Waals surface area contributed by atoms with Crippen LogP contribution in [0.2, 0.25) is 0 Å². The van der Waals surface area contributed by atoms with E-state index >= 15 is 0 Å². The topological polar surface area (TPSA) is 102 Å². The van der Waals surface area contributed by atoms with Gasteiger partial charge < -0.3 is 20.9 Å². The molecule has 4 N–H and O–H groups in total. The quantitative estimate of drug-likeness (QED) is 0.757. The van der Waals surface area contributed by atoms with Crippen molar-refractivity contribution in [3.63, 3.8) is 0 Å². The van der Waals surface area contributed by atoms with Crippen molar-refractivity contribution < 1.29 is 19.4 Å². The van der Waals surface area contributed by atoms with Crippen LogP contribution in [0.15, 0.2) is 42.0 Å². The van der Waals surface area contributed by atoms with Crippen LogP contribution in [0.25, 0.3) is 0 Å². The minimum absolute atomic E-state index is 0.189. The van der Waals surface area contributed by atoms with E-state index in [2.05, 4.69) is 5.32 Å². The monoisotopic (exact) mass is 290 g/mol. The molecule has 0 aliphatic heterocycles. The smallest absolute Gasteiger partial charge is 0.331 e. The molecule has 21 heavy (non-hydrogen) atoms. The zero-order valence-electron chi connectivity index (χ0n) is 11.7. The van der Waals surface area contributed by atoms with Crippen molar-refractivity contribution in [3.05, 3.63) is 42.0 Å². The van der Waals surface area contributed by atoms with Crippen LogP contribution in [-0.2, 0) is 9.59 Å². The summed E-state index contributed by atoms with van der Waals surface area (Å²) in [4.78, 5) is 22.5. The van der Waals surface area contributed by atoms with Gasteiger partial charge in [0.1, 0.15) is 11.9 Å². The standard InChI is InChI=1S/C15H18N2O4/c1-9(18)17-14-12(16)7-10(15(19)20)8-13(14)21-11-5-3-2-4-6-11/h2-6,8,12-14H,7,16H2,1H3,(H,17,18)(H,19,20)/t12-,13+,14+/m0/s1. The average Bonchev–Trinajstić information content (AvgIpc) is 2.43. The van der Waals surface area contributed by atoms with Crippen molar-refractivity contribution >= 4 is 11.9 Å². The molecule has 0 saturated heterocycles. The van der Waals surface area contributed by atoms with E-state index in [-0.39, 0.29) is 17.9 Å². The van der Waals surface area contributed by atoms with E-state index in [0.29, 0.717) is 5.75 Å². The Kier molecular flexibility index (Phi) is 4.59. The second-order valence-electron chi connectivity index (χ2n) is 4.99. The maximum absolute atomic E-state index is 11.3. The largest absolute Gasteiger partial charge is 0.484 e. The number of hydrogen-bond donors (Lipinski definition) is 3. The Hall–Kier alpha value is -2.34. The number of carbonyl (C=O) groups excluding carboxylic acids is 1. The molecule has 0 bridgehead atoms. The normalized spacial score (nSPS) is 24.9. The molecule has 2 rings (SSSR count). The maximum atomic E-state index is 11.3. The third-order valence-electron chi connectivity index (χ3n) is 3.30. The number of hydrogen-bond acceptors (Lipinski definition) is 4. The zero-order valence-corrected chi connectivity index (χ0v) is 11.7. The molecule has 1 aromatic carbocycles. The molecule has 1 aromatic rings. The van der Waals surface area contributed by atoms with Gasteiger partial charge in [-0.05, 0) is 24.6 Å². The summed E-state index contributed by atoms with van der Waals surface area (Å²) in [6.45, 7) is 1.39. The van der Waals surface area contributed by atoms with E-state index in [1.807, 2.05) is 18.2 Å². The van der Waals surface area contributed by atoms with Gasteiger partial charge in [-0.1, -0.05) is 18.2 Å². The number of amides is 1. The second-order valence-corrected chi connectivity index (χ2v) is 4.99. The first-order valence-electron chi connectivity index (χ1n) is 6.65. The number of nitrogens with two attached hydrogens (primary N) is 1. The van der Waals surface area contributed by atoms with E-state index in [9.17, 15) is 9.59 Å². The minimum atomic E-state index is -1.02. The van der Waals surface area contributed by atoms with Crippen molar-refractivity contribution in [3.8, 4) is 5.75 Å². The van der Waals surface area contributed by atoms with E-state index in [1.165, 1.54) is 13.0 Å². The van der Waals surface area contributed by atoms with Crippen LogP contribution in [0.5, 0.6) is 5.75 Å². The lowest BCUT2D eigenvalue weighted by Gasteiger charge is -2.34. The van der Waals surface area contributed by atoms with Gasteiger partial charge in [-0.3, -0.25) is 4.79 Å². The summed E-state index contributed by atoms with van der Waals surface area (Å²) >= 11 is 0. The molecule has 0 aromatic heterocycles. The number of para-hydroxylation sites is 1. The number of carboxylic acid groups (broad SMARTS) is 1. The number of ether oxygens (including phenoxy) is 1. The molecule has 0 fully saturated rings. The Balaban J connectivity index is 2.26. The van der Waals surface area contributed by atoms with Crippen molar-refractivity contribution in [1.29, 1.82) is 0 Å². The molecule has 6 heteroatoms. The Labute approximate surface area is 122 Å². The average molecular weight is 290 g/mol. The number of benzene rings is 1. The van der Waals surface area contributed by atoms with E-state index in [1.54, 1.807) is 12.1 Å². The first-order chi connectivity index (χ1) is 9.97. The Morgan fingerprint density at radius 2 is 2.00 bits per heavy atom. The highest BCUT2D eigenvalue weighted by molar-refractivity contribution is 5.87. The summed E-state index contributed by atoms with van der Waals surface area (Å²) in [6, 6.07) is 8.02.